The molecule has 1 saturated carbocycles. The molecule has 0 spiro atoms. The molecule has 3 rings (SSSR count). The van der Waals surface area contributed by atoms with Crippen molar-refractivity contribution in [2.45, 2.75) is 92.9 Å². The Morgan fingerprint density at radius 2 is 1.38 bits per heavy atom. The van der Waals surface area contributed by atoms with Crippen LogP contribution in [0.5, 0.6) is 0 Å². The molecule has 1 aliphatic rings. The molecule has 1 N–H and O–H groups in total. The van der Waals surface area contributed by atoms with E-state index in [1.165, 1.54) is 12.1 Å². The third-order valence-electron chi connectivity index (χ3n) is 8.10. The summed E-state index contributed by atoms with van der Waals surface area (Å²) in [6.07, 6.45) is -7.89. The van der Waals surface area contributed by atoms with Crippen molar-refractivity contribution in [1.29, 1.82) is 0 Å². The lowest BCUT2D eigenvalue weighted by molar-refractivity contribution is -0.348. The van der Waals surface area contributed by atoms with E-state index in [0.29, 0.717) is 24.6 Å². The van der Waals surface area contributed by atoms with Crippen molar-refractivity contribution < 1.29 is 44.1 Å². The van der Waals surface area contributed by atoms with Gasteiger partial charge in [0.05, 0.1) is 15.5 Å². The molecule has 0 bridgehead atoms. The Balaban J connectivity index is 1.92. The van der Waals surface area contributed by atoms with Crippen molar-refractivity contribution in [3.8, 4) is 0 Å². The number of halogens is 8. The fourth-order valence-corrected chi connectivity index (χ4v) is 7.55. The van der Waals surface area contributed by atoms with Crippen LogP contribution in [0.1, 0.15) is 76.3 Å². The molecule has 2 aromatic carbocycles. The molecule has 1 atom stereocenters. The lowest BCUT2D eigenvalue weighted by Crippen LogP contribution is -2.50. The van der Waals surface area contributed by atoms with Gasteiger partial charge in [-0.15, -0.1) is 0 Å². The van der Waals surface area contributed by atoms with E-state index in [2.05, 4.69) is 19.2 Å². The fraction of sp³-hybridized carbons (Fsp3) is 0.567. The first-order valence-electron chi connectivity index (χ1n) is 14.0. The van der Waals surface area contributed by atoms with E-state index in [1.807, 2.05) is 0 Å². The topological polar surface area (TPSA) is 46.2 Å². The molecule has 1 unspecified atom stereocenters. The number of hydrogen-bond donors (Lipinski definition) is 1. The van der Waals surface area contributed by atoms with E-state index in [1.54, 1.807) is 0 Å². The molecule has 1 fully saturated rings. The Kier molecular flexibility index (Phi) is 10.9. The summed E-state index contributed by atoms with van der Waals surface area (Å²) in [5, 5.41) is 3.00. The van der Waals surface area contributed by atoms with E-state index < -0.39 is 50.9 Å². The van der Waals surface area contributed by atoms with Gasteiger partial charge in [0.2, 0.25) is 5.91 Å². The van der Waals surface area contributed by atoms with Gasteiger partial charge in [0.25, 0.3) is 0 Å². The van der Waals surface area contributed by atoms with Gasteiger partial charge in [0.15, 0.2) is 0 Å². The summed E-state index contributed by atoms with van der Waals surface area (Å²) < 4.78 is 121. The van der Waals surface area contributed by atoms with E-state index >= 15 is 0 Å². The standard InChI is InChI=1S/C30H35F8NO2S/c1-3-5-20(6-4-2)19-39-26(40)21-15-17-27(18-16-21,42(41)25-13-11-24(31)12-14-25)22-7-9-23(10-8-22)28(32,29(33,34)35)30(36,37)38/h7-14,20-21H,3-6,15-19H2,1-2H3,(H,39,40). The maximum absolute atomic E-state index is 14.6. The van der Waals surface area contributed by atoms with Crippen LogP contribution in [0.4, 0.5) is 35.1 Å². The second-order valence-electron chi connectivity index (χ2n) is 10.9. The van der Waals surface area contributed by atoms with Crippen LogP contribution < -0.4 is 5.32 Å². The molecule has 0 saturated heterocycles. The van der Waals surface area contributed by atoms with Crippen LogP contribution in [0.15, 0.2) is 53.4 Å². The molecule has 234 valence electrons. The molecule has 1 aliphatic carbocycles. The highest BCUT2D eigenvalue weighted by atomic mass is 32.2. The predicted octanol–water partition coefficient (Wildman–Crippen LogP) is 8.64. The molecule has 0 heterocycles. The summed E-state index contributed by atoms with van der Waals surface area (Å²) >= 11 is 0. The zero-order valence-corrected chi connectivity index (χ0v) is 24.2. The van der Waals surface area contributed by atoms with Gasteiger partial charge in [-0.25, -0.2) is 8.78 Å². The maximum atomic E-state index is 14.6. The monoisotopic (exact) mass is 625 g/mol. The highest BCUT2D eigenvalue weighted by molar-refractivity contribution is 7.86. The second-order valence-corrected chi connectivity index (χ2v) is 12.7. The third kappa shape index (κ3) is 7.00. The Labute approximate surface area is 242 Å². The molecule has 42 heavy (non-hydrogen) atoms. The van der Waals surface area contributed by atoms with Gasteiger partial charge in [-0.2, -0.15) is 26.3 Å². The molecular formula is C30H35F8NO2S. The molecule has 2 aromatic rings. The molecule has 0 aliphatic heterocycles. The van der Waals surface area contributed by atoms with Crippen LogP contribution >= 0.6 is 0 Å². The Morgan fingerprint density at radius 1 is 0.881 bits per heavy atom. The minimum atomic E-state index is -6.26. The average Bonchev–Trinajstić information content (AvgIpc) is 2.94. The van der Waals surface area contributed by atoms with Crippen LogP contribution in [0.2, 0.25) is 0 Å². The van der Waals surface area contributed by atoms with E-state index in [-0.39, 0.29) is 42.0 Å². The number of hydrogen-bond acceptors (Lipinski definition) is 2. The van der Waals surface area contributed by atoms with Crippen LogP contribution in [0.25, 0.3) is 0 Å². The largest absolute Gasteiger partial charge is 0.435 e. The number of alkyl halides is 7. The number of amides is 1. The minimum absolute atomic E-state index is 0.112. The molecular weight excluding hydrogens is 590 g/mol. The van der Waals surface area contributed by atoms with Gasteiger partial charge in [0.1, 0.15) is 5.82 Å². The minimum Gasteiger partial charge on any atom is -0.356 e. The summed E-state index contributed by atoms with van der Waals surface area (Å²) in [4.78, 5) is 13.2. The zero-order valence-electron chi connectivity index (χ0n) is 23.4. The summed E-state index contributed by atoms with van der Waals surface area (Å²) in [7, 11) is -1.93. The normalized spacial score (nSPS) is 20.9. The molecule has 1 amide bonds. The van der Waals surface area contributed by atoms with Crippen LogP contribution in [0.3, 0.4) is 0 Å². The second kappa shape index (κ2) is 13.4. The first kappa shape index (κ1) is 34.0. The van der Waals surface area contributed by atoms with Gasteiger partial charge < -0.3 is 5.32 Å². The molecule has 0 aromatic heterocycles. The van der Waals surface area contributed by atoms with Gasteiger partial charge in [-0.05, 0) is 74.3 Å². The SMILES string of the molecule is CCCC(CCC)CNC(=O)C1CCC(c2ccc(C(F)(C(F)(F)F)C(F)(F)F)cc2)(S(=O)c2ccc(F)cc2)CC1. The van der Waals surface area contributed by atoms with E-state index in [4.69, 9.17) is 0 Å². The van der Waals surface area contributed by atoms with Crippen molar-refractivity contribution >= 4 is 16.7 Å². The average molecular weight is 626 g/mol. The van der Waals surface area contributed by atoms with Crippen molar-refractivity contribution in [1.82, 2.24) is 5.32 Å². The number of benzene rings is 2. The van der Waals surface area contributed by atoms with Gasteiger partial charge in [-0.1, -0.05) is 51.0 Å². The first-order valence-corrected chi connectivity index (χ1v) is 15.1. The Bertz CT molecular complexity index is 1180. The summed E-state index contributed by atoms with van der Waals surface area (Å²) in [6, 6.07) is 7.48. The maximum Gasteiger partial charge on any atom is 0.435 e. The Hall–Kier alpha value is -2.50. The van der Waals surface area contributed by atoms with Crippen molar-refractivity contribution in [3.63, 3.8) is 0 Å². The van der Waals surface area contributed by atoms with E-state index in [9.17, 15) is 44.1 Å². The van der Waals surface area contributed by atoms with Crippen LogP contribution in [-0.4, -0.2) is 29.0 Å². The van der Waals surface area contributed by atoms with Crippen LogP contribution in [-0.2, 0) is 26.0 Å². The van der Waals surface area contributed by atoms with Gasteiger partial charge in [0, 0.05) is 22.9 Å². The fourth-order valence-electron chi connectivity index (χ4n) is 5.76. The number of rotatable bonds is 11. The van der Waals surface area contributed by atoms with Crippen molar-refractivity contribution in [2.75, 3.05) is 6.54 Å². The number of carbonyl (C=O) groups excluding carboxylic acids is 1. The quantitative estimate of drug-likeness (QED) is 0.254. The lowest BCUT2D eigenvalue weighted by atomic mass is 9.77. The summed E-state index contributed by atoms with van der Waals surface area (Å²) in [5.41, 5.74) is -7.09. The van der Waals surface area contributed by atoms with Gasteiger partial charge in [-0.3, -0.25) is 9.00 Å². The lowest BCUT2D eigenvalue weighted by Gasteiger charge is -2.40. The highest BCUT2D eigenvalue weighted by Crippen LogP contribution is 2.54. The summed E-state index contributed by atoms with van der Waals surface area (Å²) in [6.45, 7) is 4.66. The third-order valence-corrected chi connectivity index (χ3v) is 10.1. The number of nitrogens with one attached hydrogen (secondary N) is 1. The predicted molar refractivity (Wildman–Crippen MR) is 144 cm³/mol. The smallest absolute Gasteiger partial charge is 0.356 e. The Morgan fingerprint density at radius 3 is 1.83 bits per heavy atom. The van der Waals surface area contributed by atoms with Crippen molar-refractivity contribution in [3.05, 3.63) is 65.5 Å². The van der Waals surface area contributed by atoms with Crippen LogP contribution in [0, 0.1) is 17.7 Å². The number of carbonyl (C=O) groups is 1. The van der Waals surface area contributed by atoms with E-state index in [0.717, 1.165) is 49.9 Å². The first-order chi connectivity index (χ1) is 19.6. The molecule has 12 heteroatoms. The van der Waals surface area contributed by atoms with Crippen molar-refractivity contribution in [2.24, 2.45) is 11.8 Å². The summed E-state index contributed by atoms with van der Waals surface area (Å²) in [5.74, 6) is -0.841. The molecule has 0 radical (unpaired) electrons. The molecule has 3 nitrogen and oxygen atoms in total. The zero-order chi connectivity index (χ0) is 31.3. The van der Waals surface area contributed by atoms with Gasteiger partial charge >= 0.3 is 18.0 Å². The highest BCUT2D eigenvalue weighted by Gasteiger charge is 2.73.